The summed E-state index contributed by atoms with van der Waals surface area (Å²) in [6.07, 6.45) is 0. The van der Waals surface area contributed by atoms with Gasteiger partial charge in [-0.3, -0.25) is 4.79 Å². The van der Waals surface area contributed by atoms with Crippen molar-refractivity contribution in [3.8, 4) is 16.8 Å². The van der Waals surface area contributed by atoms with E-state index in [1.165, 1.54) is 11.1 Å². The average molecular weight is 411 g/mol. The standard InChI is InChI=1S/C26H26N4O/c1-18-9-15-24(16-10-18)30-20(3)26(19(2)29-30)28-25(31)17-27-23-13-11-22(12-14-23)21-7-5-4-6-8-21/h4-16,27H,17H2,1-3H3,(H,28,31). The van der Waals surface area contributed by atoms with Gasteiger partial charge < -0.3 is 10.6 Å². The number of amides is 1. The van der Waals surface area contributed by atoms with Crippen LogP contribution in [0.2, 0.25) is 0 Å². The number of rotatable bonds is 6. The molecule has 3 aromatic carbocycles. The first kappa shape index (κ1) is 20.4. The van der Waals surface area contributed by atoms with Crippen LogP contribution in [0.15, 0.2) is 78.9 Å². The SMILES string of the molecule is Cc1ccc(-n2nc(C)c(NC(=O)CNc3ccc(-c4ccccc4)cc3)c2C)cc1. The summed E-state index contributed by atoms with van der Waals surface area (Å²) in [7, 11) is 0. The Kier molecular flexibility index (Phi) is 5.85. The molecule has 0 spiro atoms. The number of benzene rings is 3. The van der Waals surface area contributed by atoms with Crippen molar-refractivity contribution in [1.29, 1.82) is 0 Å². The van der Waals surface area contributed by atoms with E-state index in [0.29, 0.717) is 0 Å². The van der Waals surface area contributed by atoms with E-state index in [1.54, 1.807) is 0 Å². The van der Waals surface area contributed by atoms with Crippen LogP contribution in [0.25, 0.3) is 16.8 Å². The molecule has 0 aliphatic rings. The van der Waals surface area contributed by atoms with Gasteiger partial charge in [0.25, 0.3) is 0 Å². The van der Waals surface area contributed by atoms with E-state index in [9.17, 15) is 4.79 Å². The molecule has 31 heavy (non-hydrogen) atoms. The number of hydrogen-bond donors (Lipinski definition) is 2. The van der Waals surface area contributed by atoms with E-state index in [4.69, 9.17) is 0 Å². The molecule has 4 aromatic rings. The summed E-state index contributed by atoms with van der Waals surface area (Å²) >= 11 is 0. The molecule has 0 unspecified atom stereocenters. The van der Waals surface area contributed by atoms with Crippen LogP contribution < -0.4 is 10.6 Å². The normalized spacial score (nSPS) is 10.7. The van der Waals surface area contributed by atoms with E-state index < -0.39 is 0 Å². The first-order valence-electron chi connectivity index (χ1n) is 10.3. The molecule has 1 amide bonds. The number of aromatic nitrogens is 2. The van der Waals surface area contributed by atoms with Crippen LogP contribution in [-0.4, -0.2) is 22.2 Å². The molecule has 0 atom stereocenters. The lowest BCUT2D eigenvalue weighted by Crippen LogP contribution is -2.22. The predicted octanol–water partition coefficient (Wildman–Crippen LogP) is 5.52. The lowest BCUT2D eigenvalue weighted by Gasteiger charge is -2.10. The number of carbonyl (C=O) groups excluding carboxylic acids is 1. The fourth-order valence-corrected chi connectivity index (χ4v) is 3.54. The summed E-state index contributed by atoms with van der Waals surface area (Å²) in [5, 5.41) is 10.8. The van der Waals surface area contributed by atoms with Gasteiger partial charge in [-0.1, -0.05) is 60.2 Å². The zero-order valence-corrected chi connectivity index (χ0v) is 18.0. The molecule has 2 N–H and O–H groups in total. The topological polar surface area (TPSA) is 59.0 Å². The number of aryl methyl sites for hydroxylation is 2. The first-order chi connectivity index (χ1) is 15.0. The Labute approximate surface area is 182 Å². The minimum atomic E-state index is -0.109. The van der Waals surface area contributed by atoms with Crippen LogP contribution in [0, 0.1) is 20.8 Å². The Bertz CT molecular complexity index is 1180. The number of carbonyl (C=O) groups is 1. The molecule has 0 fully saturated rings. The Balaban J connectivity index is 1.40. The summed E-state index contributed by atoms with van der Waals surface area (Å²) in [5.41, 5.74) is 7.84. The van der Waals surface area contributed by atoms with Crippen molar-refractivity contribution in [2.45, 2.75) is 20.8 Å². The Morgan fingerprint density at radius 2 is 1.48 bits per heavy atom. The van der Waals surface area contributed by atoms with E-state index in [2.05, 4.69) is 59.1 Å². The molecule has 0 saturated carbocycles. The van der Waals surface area contributed by atoms with Gasteiger partial charge in [0.15, 0.2) is 0 Å². The van der Waals surface area contributed by atoms with E-state index in [-0.39, 0.29) is 12.5 Å². The monoisotopic (exact) mass is 410 g/mol. The third-order valence-corrected chi connectivity index (χ3v) is 5.28. The van der Waals surface area contributed by atoms with Crippen molar-refractivity contribution in [3.63, 3.8) is 0 Å². The van der Waals surface area contributed by atoms with Crippen molar-refractivity contribution in [3.05, 3.63) is 95.8 Å². The number of anilines is 2. The Morgan fingerprint density at radius 1 is 0.839 bits per heavy atom. The Morgan fingerprint density at radius 3 is 2.16 bits per heavy atom. The molecule has 0 aliphatic carbocycles. The highest BCUT2D eigenvalue weighted by Gasteiger charge is 2.15. The lowest BCUT2D eigenvalue weighted by molar-refractivity contribution is -0.114. The molecule has 5 nitrogen and oxygen atoms in total. The first-order valence-corrected chi connectivity index (χ1v) is 10.3. The van der Waals surface area contributed by atoms with E-state index >= 15 is 0 Å². The third-order valence-electron chi connectivity index (χ3n) is 5.28. The smallest absolute Gasteiger partial charge is 0.243 e. The maximum atomic E-state index is 12.6. The van der Waals surface area contributed by atoms with Crippen LogP contribution in [0.4, 0.5) is 11.4 Å². The predicted molar refractivity (Wildman–Crippen MR) is 127 cm³/mol. The van der Waals surface area contributed by atoms with Crippen molar-refractivity contribution >= 4 is 17.3 Å². The molecule has 1 aromatic heterocycles. The van der Waals surface area contributed by atoms with Crippen LogP contribution in [0.3, 0.4) is 0 Å². The highest BCUT2D eigenvalue weighted by Crippen LogP contribution is 2.23. The number of nitrogens with zero attached hydrogens (tertiary/aromatic N) is 2. The van der Waals surface area contributed by atoms with E-state index in [0.717, 1.165) is 34.0 Å². The molecule has 1 heterocycles. The van der Waals surface area contributed by atoms with Crippen LogP contribution in [-0.2, 0) is 4.79 Å². The van der Waals surface area contributed by atoms with Gasteiger partial charge in [0.2, 0.25) is 5.91 Å². The molecule has 0 saturated heterocycles. The summed E-state index contributed by atoms with van der Waals surface area (Å²) < 4.78 is 1.86. The van der Waals surface area contributed by atoms with E-state index in [1.807, 2.05) is 61.0 Å². The molecule has 0 bridgehead atoms. The zero-order valence-electron chi connectivity index (χ0n) is 18.0. The second kappa shape index (κ2) is 8.88. The average Bonchev–Trinajstić information content (AvgIpc) is 3.07. The van der Waals surface area contributed by atoms with Gasteiger partial charge in [0.1, 0.15) is 0 Å². The molecule has 5 heteroatoms. The number of nitrogens with one attached hydrogen (secondary N) is 2. The minimum absolute atomic E-state index is 0.109. The summed E-state index contributed by atoms with van der Waals surface area (Å²) in [6.45, 7) is 6.10. The summed E-state index contributed by atoms with van der Waals surface area (Å²) in [6, 6.07) is 26.5. The highest BCUT2D eigenvalue weighted by molar-refractivity contribution is 5.94. The fourth-order valence-electron chi connectivity index (χ4n) is 3.54. The zero-order chi connectivity index (χ0) is 21.8. The van der Waals surface area contributed by atoms with Crippen molar-refractivity contribution in [1.82, 2.24) is 9.78 Å². The fraction of sp³-hybridized carbons (Fsp3) is 0.154. The minimum Gasteiger partial charge on any atom is -0.376 e. The summed E-state index contributed by atoms with van der Waals surface area (Å²) in [5.74, 6) is -0.109. The molecular formula is C26H26N4O. The Hall–Kier alpha value is -3.86. The molecule has 0 radical (unpaired) electrons. The van der Waals surface area contributed by atoms with Gasteiger partial charge in [0.05, 0.1) is 29.3 Å². The molecule has 0 aliphatic heterocycles. The van der Waals surface area contributed by atoms with Crippen molar-refractivity contribution in [2.75, 3.05) is 17.2 Å². The second-order valence-electron chi connectivity index (χ2n) is 7.64. The largest absolute Gasteiger partial charge is 0.376 e. The quantitative estimate of drug-likeness (QED) is 0.440. The summed E-state index contributed by atoms with van der Waals surface area (Å²) in [4.78, 5) is 12.6. The maximum Gasteiger partial charge on any atom is 0.243 e. The third kappa shape index (κ3) is 4.67. The van der Waals surface area contributed by atoms with Crippen LogP contribution in [0.5, 0.6) is 0 Å². The van der Waals surface area contributed by atoms with Gasteiger partial charge in [-0.25, -0.2) is 4.68 Å². The maximum absolute atomic E-state index is 12.6. The molecule has 156 valence electrons. The highest BCUT2D eigenvalue weighted by atomic mass is 16.1. The molecular weight excluding hydrogens is 384 g/mol. The van der Waals surface area contributed by atoms with Gasteiger partial charge in [0, 0.05) is 5.69 Å². The van der Waals surface area contributed by atoms with Gasteiger partial charge in [-0.2, -0.15) is 5.10 Å². The van der Waals surface area contributed by atoms with Crippen LogP contribution in [0.1, 0.15) is 17.0 Å². The van der Waals surface area contributed by atoms with Gasteiger partial charge in [-0.05, 0) is 56.2 Å². The van der Waals surface area contributed by atoms with Gasteiger partial charge >= 0.3 is 0 Å². The van der Waals surface area contributed by atoms with Crippen molar-refractivity contribution < 1.29 is 4.79 Å². The molecule has 4 rings (SSSR count). The van der Waals surface area contributed by atoms with Crippen molar-refractivity contribution in [2.24, 2.45) is 0 Å². The van der Waals surface area contributed by atoms with Gasteiger partial charge in [-0.15, -0.1) is 0 Å². The second-order valence-corrected chi connectivity index (χ2v) is 7.64. The van der Waals surface area contributed by atoms with Crippen LogP contribution >= 0.6 is 0 Å². The number of hydrogen-bond acceptors (Lipinski definition) is 3. The lowest BCUT2D eigenvalue weighted by atomic mass is 10.1.